The van der Waals surface area contributed by atoms with Crippen LogP contribution in [0.4, 0.5) is 11.4 Å². The lowest BCUT2D eigenvalue weighted by Crippen LogP contribution is -3.10. The lowest BCUT2D eigenvalue weighted by molar-refractivity contribution is -0.870. The van der Waals surface area contributed by atoms with Gasteiger partial charge in [-0.1, -0.05) is 6.07 Å². The summed E-state index contributed by atoms with van der Waals surface area (Å²) in [4.78, 5) is 16.0. The molecule has 1 amide bonds. The Balaban J connectivity index is 1.45. The molecular formula is C24H34N3O3+. The number of amides is 1. The zero-order valence-corrected chi connectivity index (χ0v) is 18.4. The molecule has 2 N–H and O–H groups in total. The largest absolute Gasteiger partial charge is 0.493 e. The quantitative estimate of drug-likeness (QED) is 0.664. The van der Waals surface area contributed by atoms with Gasteiger partial charge in [0.1, 0.15) is 0 Å². The van der Waals surface area contributed by atoms with Crippen molar-refractivity contribution >= 4 is 17.3 Å². The topological polar surface area (TPSA) is 55.2 Å². The van der Waals surface area contributed by atoms with Crippen molar-refractivity contribution in [1.82, 2.24) is 0 Å². The van der Waals surface area contributed by atoms with E-state index >= 15 is 0 Å². The summed E-state index contributed by atoms with van der Waals surface area (Å²) in [5.74, 6) is 1.50. The molecule has 6 nitrogen and oxygen atoms in total. The lowest BCUT2D eigenvalue weighted by Gasteiger charge is -2.28. The van der Waals surface area contributed by atoms with Crippen molar-refractivity contribution < 1.29 is 19.2 Å². The number of hydrogen-bond donors (Lipinski definition) is 2. The first kappa shape index (κ1) is 22.0. The molecule has 1 atom stereocenters. The third kappa shape index (κ3) is 6.13. The van der Waals surface area contributed by atoms with Gasteiger partial charge in [0.05, 0.1) is 27.8 Å². The molecule has 2 aromatic rings. The number of carbonyl (C=O) groups is 1. The number of likely N-dealkylation sites (N-methyl/N-ethyl adjacent to an activating group) is 1. The van der Waals surface area contributed by atoms with E-state index in [4.69, 9.17) is 9.47 Å². The van der Waals surface area contributed by atoms with E-state index in [1.54, 1.807) is 14.2 Å². The molecule has 1 unspecified atom stereocenters. The van der Waals surface area contributed by atoms with E-state index in [2.05, 4.69) is 22.3 Å². The number of quaternary nitrogens is 1. The van der Waals surface area contributed by atoms with Crippen LogP contribution in [0.3, 0.4) is 0 Å². The first-order valence-electron chi connectivity index (χ1n) is 10.8. The molecule has 3 rings (SSSR count). The van der Waals surface area contributed by atoms with Gasteiger partial charge in [-0.25, -0.2) is 0 Å². The molecule has 1 fully saturated rings. The first-order valence-corrected chi connectivity index (χ1v) is 10.8. The number of nitrogens with one attached hydrogen (secondary N) is 2. The number of carbonyl (C=O) groups excluding carboxylic acids is 1. The summed E-state index contributed by atoms with van der Waals surface area (Å²) in [6.07, 6.45) is 4.71. The van der Waals surface area contributed by atoms with E-state index in [1.165, 1.54) is 30.5 Å². The molecule has 6 heteroatoms. The minimum Gasteiger partial charge on any atom is -0.493 e. The highest BCUT2D eigenvalue weighted by Gasteiger charge is 2.13. The van der Waals surface area contributed by atoms with Gasteiger partial charge in [-0.2, -0.15) is 0 Å². The molecule has 0 radical (unpaired) electrons. The van der Waals surface area contributed by atoms with Crippen molar-refractivity contribution in [1.29, 1.82) is 0 Å². The van der Waals surface area contributed by atoms with Crippen molar-refractivity contribution in [3.8, 4) is 11.5 Å². The molecule has 1 heterocycles. The maximum Gasteiger partial charge on any atom is 0.279 e. The van der Waals surface area contributed by atoms with Crippen molar-refractivity contribution in [2.45, 2.75) is 25.7 Å². The zero-order chi connectivity index (χ0) is 21.3. The Hall–Kier alpha value is -2.73. The Kier molecular flexibility index (Phi) is 7.97. The van der Waals surface area contributed by atoms with Gasteiger partial charge >= 0.3 is 0 Å². The Labute approximate surface area is 179 Å². The monoisotopic (exact) mass is 412 g/mol. The number of anilines is 2. The van der Waals surface area contributed by atoms with Crippen molar-refractivity contribution in [2.24, 2.45) is 0 Å². The molecule has 0 aliphatic carbocycles. The van der Waals surface area contributed by atoms with E-state index in [0.29, 0.717) is 6.54 Å². The Morgan fingerprint density at radius 3 is 2.37 bits per heavy atom. The summed E-state index contributed by atoms with van der Waals surface area (Å²) in [6.45, 7) is 3.54. The molecule has 0 bridgehead atoms. The fourth-order valence-corrected chi connectivity index (χ4v) is 3.87. The predicted octanol–water partition coefficient (Wildman–Crippen LogP) is 2.39. The number of rotatable bonds is 9. The Morgan fingerprint density at radius 1 is 1.00 bits per heavy atom. The van der Waals surface area contributed by atoms with Crippen LogP contribution < -0.4 is 24.6 Å². The molecule has 1 aliphatic rings. The van der Waals surface area contributed by atoms with Crippen LogP contribution in [0.2, 0.25) is 0 Å². The minimum absolute atomic E-state index is 0.0329. The highest BCUT2D eigenvalue weighted by molar-refractivity contribution is 5.91. The van der Waals surface area contributed by atoms with Crippen LogP contribution in [0.25, 0.3) is 0 Å². The summed E-state index contributed by atoms with van der Waals surface area (Å²) in [5, 5.41) is 3.02. The van der Waals surface area contributed by atoms with Crippen LogP contribution >= 0.6 is 0 Å². The second kappa shape index (κ2) is 10.9. The summed E-state index contributed by atoms with van der Waals surface area (Å²) in [6, 6.07) is 14.2. The number of hydrogen-bond acceptors (Lipinski definition) is 4. The second-order valence-electron chi connectivity index (χ2n) is 7.97. The van der Waals surface area contributed by atoms with Crippen LogP contribution in [-0.4, -0.2) is 53.4 Å². The van der Waals surface area contributed by atoms with Gasteiger partial charge in [-0.15, -0.1) is 0 Å². The fourth-order valence-electron chi connectivity index (χ4n) is 3.87. The molecule has 162 valence electrons. The molecule has 0 saturated carbocycles. The van der Waals surface area contributed by atoms with Crippen LogP contribution in [-0.2, 0) is 11.2 Å². The molecule has 0 spiro atoms. The summed E-state index contributed by atoms with van der Waals surface area (Å²) >= 11 is 0. The van der Waals surface area contributed by atoms with Gasteiger partial charge in [-0.05, 0) is 61.2 Å². The minimum atomic E-state index is 0.0329. The molecule has 2 aromatic carbocycles. The van der Waals surface area contributed by atoms with Crippen molar-refractivity contribution in [3.05, 3.63) is 48.0 Å². The highest BCUT2D eigenvalue weighted by Crippen LogP contribution is 2.27. The van der Waals surface area contributed by atoms with E-state index in [0.717, 1.165) is 48.1 Å². The predicted molar refractivity (Wildman–Crippen MR) is 121 cm³/mol. The second-order valence-corrected chi connectivity index (χ2v) is 7.97. The van der Waals surface area contributed by atoms with E-state index in [-0.39, 0.29) is 5.91 Å². The van der Waals surface area contributed by atoms with Crippen molar-refractivity contribution in [3.63, 3.8) is 0 Å². The SMILES string of the molecule is COc1ccc(CC[NH+](C)CC(=O)Nc2ccc(N3CCCCC3)cc2)cc1OC. The maximum atomic E-state index is 12.4. The summed E-state index contributed by atoms with van der Waals surface area (Å²) < 4.78 is 10.6. The summed E-state index contributed by atoms with van der Waals surface area (Å²) in [7, 11) is 5.32. The molecule has 1 saturated heterocycles. The Bertz CT molecular complexity index is 817. The number of benzene rings is 2. The molecular weight excluding hydrogens is 378 g/mol. The lowest BCUT2D eigenvalue weighted by atomic mass is 10.1. The standard InChI is InChI=1S/C24H33N3O3/c1-26(16-13-19-7-12-22(29-2)23(17-19)30-3)18-24(28)25-20-8-10-21(11-9-20)27-14-5-4-6-15-27/h7-12,17H,4-6,13-16,18H2,1-3H3,(H,25,28)/p+1. The number of nitrogens with zero attached hydrogens (tertiary/aromatic N) is 1. The van der Waals surface area contributed by atoms with E-state index in [9.17, 15) is 4.79 Å². The molecule has 30 heavy (non-hydrogen) atoms. The highest BCUT2D eigenvalue weighted by atomic mass is 16.5. The number of piperidine rings is 1. The van der Waals surface area contributed by atoms with Gasteiger partial charge in [-0.3, -0.25) is 4.79 Å². The fraction of sp³-hybridized carbons (Fsp3) is 0.458. The smallest absolute Gasteiger partial charge is 0.279 e. The van der Waals surface area contributed by atoms with Gasteiger partial charge in [0, 0.05) is 30.9 Å². The third-order valence-corrected chi connectivity index (χ3v) is 5.62. The zero-order valence-electron chi connectivity index (χ0n) is 18.4. The number of methoxy groups -OCH3 is 2. The Morgan fingerprint density at radius 2 is 1.70 bits per heavy atom. The average molecular weight is 413 g/mol. The van der Waals surface area contributed by atoms with E-state index in [1.807, 2.05) is 37.4 Å². The normalized spacial score (nSPS) is 14.8. The van der Waals surface area contributed by atoms with Gasteiger partial charge in [0.25, 0.3) is 5.91 Å². The van der Waals surface area contributed by atoms with E-state index < -0.39 is 0 Å². The third-order valence-electron chi connectivity index (χ3n) is 5.62. The summed E-state index contributed by atoms with van der Waals surface area (Å²) in [5.41, 5.74) is 3.26. The van der Waals surface area contributed by atoms with Crippen molar-refractivity contribution in [2.75, 3.05) is 57.7 Å². The first-order chi connectivity index (χ1) is 14.6. The van der Waals surface area contributed by atoms with Gasteiger partial charge < -0.3 is 24.6 Å². The average Bonchev–Trinajstić information content (AvgIpc) is 2.78. The molecule has 0 aromatic heterocycles. The maximum absolute atomic E-state index is 12.4. The number of ether oxygens (including phenoxy) is 2. The molecule has 1 aliphatic heterocycles. The van der Waals surface area contributed by atoms with Gasteiger partial charge in [0.15, 0.2) is 18.0 Å². The van der Waals surface area contributed by atoms with Crippen LogP contribution in [0, 0.1) is 0 Å². The van der Waals surface area contributed by atoms with Gasteiger partial charge in [0.2, 0.25) is 0 Å². The van der Waals surface area contributed by atoms with Crippen LogP contribution in [0.5, 0.6) is 11.5 Å². The van der Waals surface area contributed by atoms with Crippen LogP contribution in [0.15, 0.2) is 42.5 Å². The van der Waals surface area contributed by atoms with Crippen LogP contribution in [0.1, 0.15) is 24.8 Å².